The number of carbonyl (C=O) groups is 1. The van der Waals surface area contributed by atoms with Crippen molar-refractivity contribution in [1.29, 1.82) is 0 Å². The Bertz CT molecular complexity index is 389. The van der Waals surface area contributed by atoms with E-state index in [-0.39, 0.29) is 17.9 Å². The number of nitrogens with two attached hydrogens (primary N) is 1. The van der Waals surface area contributed by atoms with E-state index in [1.165, 1.54) is 0 Å². The molecule has 3 N–H and O–H groups in total. The first-order valence-electron chi connectivity index (χ1n) is 7.08. The van der Waals surface area contributed by atoms with Crippen LogP contribution in [0.2, 0.25) is 0 Å². The Morgan fingerprint density at radius 1 is 1.21 bits per heavy atom. The van der Waals surface area contributed by atoms with Gasteiger partial charge in [0, 0.05) is 0 Å². The van der Waals surface area contributed by atoms with Gasteiger partial charge in [0.05, 0.1) is 12.1 Å². The molecule has 0 aliphatic carbocycles. The Hall–Kier alpha value is -1.35. The lowest BCUT2D eigenvalue weighted by molar-refractivity contribution is -0.124. The third-order valence-electron chi connectivity index (χ3n) is 3.68. The minimum Gasteiger partial charge on any atom is -0.348 e. The van der Waals surface area contributed by atoms with Crippen LogP contribution in [0.3, 0.4) is 0 Å². The lowest BCUT2D eigenvalue weighted by Crippen LogP contribution is -2.46. The zero-order chi connectivity index (χ0) is 14.4. The Morgan fingerprint density at radius 2 is 1.79 bits per heavy atom. The second kappa shape index (κ2) is 7.29. The summed E-state index contributed by atoms with van der Waals surface area (Å²) < 4.78 is 0. The first-order chi connectivity index (χ1) is 8.97. The molecule has 1 rings (SSSR count). The van der Waals surface area contributed by atoms with Crippen molar-refractivity contribution >= 4 is 5.91 Å². The Kier molecular flexibility index (Phi) is 6.03. The predicted molar refractivity (Wildman–Crippen MR) is 79.6 cm³/mol. The van der Waals surface area contributed by atoms with Crippen molar-refractivity contribution in [3.05, 3.63) is 35.9 Å². The molecule has 1 amide bonds. The van der Waals surface area contributed by atoms with Gasteiger partial charge in [-0.05, 0) is 17.4 Å². The summed E-state index contributed by atoms with van der Waals surface area (Å²) in [6.45, 7) is 8.27. The molecule has 0 aromatic heterocycles. The van der Waals surface area contributed by atoms with Gasteiger partial charge in [-0.2, -0.15) is 0 Å². The molecule has 0 heterocycles. The number of hydrogen-bond acceptors (Lipinski definition) is 2. The highest BCUT2D eigenvalue weighted by molar-refractivity contribution is 5.82. The summed E-state index contributed by atoms with van der Waals surface area (Å²) in [5.74, 6) is 0.468. The molecule has 0 fully saturated rings. The molecule has 0 saturated carbocycles. The second-order valence-corrected chi connectivity index (χ2v) is 5.55. The standard InChI is InChI=1S/C16H26N2O/c1-5-12(4)14(17)16(19)18-15(11(2)3)13-9-7-6-8-10-13/h6-12,14-15H,5,17H2,1-4H3,(H,18,19)/t12-,14-,15?/m0/s1. The average molecular weight is 262 g/mol. The van der Waals surface area contributed by atoms with Crippen LogP contribution in [-0.2, 0) is 4.79 Å². The van der Waals surface area contributed by atoms with Crippen LogP contribution in [0.15, 0.2) is 30.3 Å². The third kappa shape index (κ3) is 4.35. The highest BCUT2D eigenvalue weighted by Crippen LogP contribution is 2.21. The Labute approximate surface area is 116 Å². The fraction of sp³-hybridized carbons (Fsp3) is 0.562. The lowest BCUT2D eigenvalue weighted by Gasteiger charge is -2.26. The van der Waals surface area contributed by atoms with Gasteiger partial charge in [0.25, 0.3) is 0 Å². The van der Waals surface area contributed by atoms with Crippen molar-refractivity contribution in [2.45, 2.75) is 46.2 Å². The van der Waals surface area contributed by atoms with Gasteiger partial charge >= 0.3 is 0 Å². The minimum atomic E-state index is -0.435. The summed E-state index contributed by atoms with van der Waals surface area (Å²) in [6.07, 6.45) is 0.909. The summed E-state index contributed by atoms with van der Waals surface area (Å²) in [5, 5.41) is 3.08. The third-order valence-corrected chi connectivity index (χ3v) is 3.68. The Balaban J connectivity index is 2.78. The maximum atomic E-state index is 12.2. The predicted octanol–water partition coefficient (Wildman–Crippen LogP) is 2.87. The molecule has 0 saturated heterocycles. The molecule has 3 heteroatoms. The van der Waals surface area contributed by atoms with E-state index in [1.54, 1.807) is 0 Å². The van der Waals surface area contributed by atoms with E-state index in [2.05, 4.69) is 26.1 Å². The molecule has 0 radical (unpaired) electrons. The van der Waals surface area contributed by atoms with Crippen LogP contribution in [0.1, 0.15) is 45.7 Å². The zero-order valence-corrected chi connectivity index (χ0v) is 12.4. The molecule has 106 valence electrons. The van der Waals surface area contributed by atoms with Gasteiger partial charge in [-0.15, -0.1) is 0 Å². The van der Waals surface area contributed by atoms with E-state index in [4.69, 9.17) is 5.73 Å². The fourth-order valence-electron chi connectivity index (χ4n) is 2.06. The van der Waals surface area contributed by atoms with Gasteiger partial charge in [0.1, 0.15) is 0 Å². The second-order valence-electron chi connectivity index (χ2n) is 5.55. The SMILES string of the molecule is CC[C@H](C)[C@H](N)C(=O)NC(c1ccccc1)C(C)C. The van der Waals surface area contributed by atoms with Crippen molar-refractivity contribution in [2.24, 2.45) is 17.6 Å². The van der Waals surface area contributed by atoms with Crippen molar-refractivity contribution < 1.29 is 4.79 Å². The van der Waals surface area contributed by atoms with Gasteiger partial charge < -0.3 is 11.1 Å². The average Bonchev–Trinajstić information content (AvgIpc) is 2.43. The molecular formula is C16H26N2O. The van der Waals surface area contributed by atoms with E-state index >= 15 is 0 Å². The van der Waals surface area contributed by atoms with Gasteiger partial charge in [0.2, 0.25) is 5.91 Å². The molecule has 0 aliphatic heterocycles. The van der Waals surface area contributed by atoms with Gasteiger partial charge in [0.15, 0.2) is 0 Å². The molecule has 19 heavy (non-hydrogen) atoms. The number of carbonyl (C=O) groups excluding carboxylic acids is 1. The van der Waals surface area contributed by atoms with Crippen molar-refractivity contribution in [3.8, 4) is 0 Å². The lowest BCUT2D eigenvalue weighted by atomic mass is 9.94. The number of nitrogens with one attached hydrogen (secondary N) is 1. The molecular weight excluding hydrogens is 236 g/mol. The summed E-state index contributed by atoms with van der Waals surface area (Å²) in [5.41, 5.74) is 7.11. The quantitative estimate of drug-likeness (QED) is 0.828. The number of benzene rings is 1. The van der Waals surface area contributed by atoms with Crippen LogP contribution < -0.4 is 11.1 Å². The topological polar surface area (TPSA) is 55.1 Å². The van der Waals surface area contributed by atoms with E-state index in [1.807, 2.05) is 37.3 Å². The minimum absolute atomic E-state index is 0.0174. The zero-order valence-electron chi connectivity index (χ0n) is 12.4. The molecule has 1 unspecified atom stereocenters. The fourth-order valence-corrected chi connectivity index (χ4v) is 2.06. The van der Waals surface area contributed by atoms with Crippen LogP contribution >= 0.6 is 0 Å². The van der Waals surface area contributed by atoms with Crippen LogP contribution in [-0.4, -0.2) is 11.9 Å². The highest BCUT2D eigenvalue weighted by Gasteiger charge is 2.24. The van der Waals surface area contributed by atoms with Gasteiger partial charge in [-0.25, -0.2) is 0 Å². The Morgan fingerprint density at radius 3 is 2.26 bits per heavy atom. The monoisotopic (exact) mass is 262 g/mol. The largest absolute Gasteiger partial charge is 0.348 e. The van der Waals surface area contributed by atoms with E-state index in [9.17, 15) is 4.79 Å². The molecule has 3 nitrogen and oxygen atoms in total. The van der Waals surface area contributed by atoms with Gasteiger partial charge in [-0.1, -0.05) is 64.4 Å². The van der Waals surface area contributed by atoms with Crippen molar-refractivity contribution in [2.75, 3.05) is 0 Å². The maximum absolute atomic E-state index is 12.2. The molecule has 1 aromatic rings. The van der Waals surface area contributed by atoms with Crippen molar-refractivity contribution in [1.82, 2.24) is 5.32 Å². The van der Waals surface area contributed by atoms with Crippen LogP contribution in [0.5, 0.6) is 0 Å². The normalized spacial score (nSPS) is 15.9. The molecule has 1 aromatic carbocycles. The van der Waals surface area contributed by atoms with Crippen LogP contribution in [0.4, 0.5) is 0 Å². The molecule has 0 aliphatic rings. The number of rotatable bonds is 6. The summed E-state index contributed by atoms with van der Waals surface area (Å²) >= 11 is 0. The highest BCUT2D eigenvalue weighted by atomic mass is 16.2. The van der Waals surface area contributed by atoms with E-state index in [0.29, 0.717) is 5.92 Å². The summed E-state index contributed by atoms with van der Waals surface area (Å²) in [6, 6.07) is 9.63. The number of hydrogen-bond donors (Lipinski definition) is 2. The first kappa shape index (κ1) is 15.7. The van der Waals surface area contributed by atoms with Gasteiger partial charge in [-0.3, -0.25) is 4.79 Å². The van der Waals surface area contributed by atoms with Crippen LogP contribution in [0, 0.1) is 11.8 Å². The first-order valence-corrected chi connectivity index (χ1v) is 7.08. The molecule has 0 spiro atoms. The molecule has 3 atom stereocenters. The van der Waals surface area contributed by atoms with Crippen LogP contribution in [0.25, 0.3) is 0 Å². The number of amides is 1. The summed E-state index contributed by atoms with van der Waals surface area (Å²) in [7, 11) is 0. The molecule has 0 bridgehead atoms. The van der Waals surface area contributed by atoms with E-state index < -0.39 is 6.04 Å². The smallest absolute Gasteiger partial charge is 0.237 e. The van der Waals surface area contributed by atoms with Crippen molar-refractivity contribution in [3.63, 3.8) is 0 Å². The van der Waals surface area contributed by atoms with E-state index in [0.717, 1.165) is 12.0 Å². The summed E-state index contributed by atoms with van der Waals surface area (Å²) in [4.78, 5) is 12.2. The maximum Gasteiger partial charge on any atom is 0.237 e.